The van der Waals surface area contributed by atoms with Crippen molar-refractivity contribution in [3.05, 3.63) is 18.0 Å². The molecule has 2 N–H and O–H groups in total. The number of rotatable bonds is 6. The van der Waals surface area contributed by atoms with Gasteiger partial charge in [0.2, 0.25) is 0 Å². The van der Waals surface area contributed by atoms with Crippen LogP contribution in [0.2, 0.25) is 0 Å². The zero-order valence-electron chi connectivity index (χ0n) is 10.9. The van der Waals surface area contributed by atoms with E-state index < -0.39 is 0 Å². The van der Waals surface area contributed by atoms with E-state index in [4.69, 9.17) is 5.73 Å². The van der Waals surface area contributed by atoms with Crippen molar-refractivity contribution >= 4 is 0 Å². The van der Waals surface area contributed by atoms with Crippen LogP contribution in [-0.4, -0.2) is 33.8 Å². The Hall–Kier alpha value is -0.870. The molecule has 0 aliphatic heterocycles. The van der Waals surface area contributed by atoms with E-state index in [2.05, 4.69) is 37.1 Å². The number of aryl methyl sites for hydroxylation is 1. The second-order valence-electron chi connectivity index (χ2n) is 4.51. The first kappa shape index (κ1) is 13.2. The first-order valence-electron chi connectivity index (χ1n) is 5.96. The summed E-state index contributed by atoms with van der Waals surface area (Å²) in [6, 6.07) is 0. The lowest BCUT2D eigenvalue weighted by atomic mass is 9.91. The summed E-state index contributed by atoms with van der Waals surface area (Å²) in [6.07, 6.45) is 6.14. The molecular weight excluding hydrogens is 200 g/mol. The van der Waals surface area contributed by atoms with Gasteiger partial charge in [-0.1, -0.05) is 13.8 Å². The van der Waals surface area contributed by atoms with Gasteiger partial charge in [0.15, 0.2) is 0 Å². The Balaban J connectivity index is 2.72. The Morgan fingerprint density at radius 2 is 2.06 bits per heavy atom. The molecular formula is C12H24N4. The highest BCUT2D eigenvalue weighted by Crippen LogP contribution is 2.23. The highest BCUT2D eigenvalue weighted by Gasteiger charge is 2.29. The predicted molar refractivity (Wildman–Crippen MR) is 67.0 cm³/mol. The maximum absolute atomic E-state index is 5.93. The lowest BCUT2D eigenvalue weighted by molar-refractivity contribution is 0.108. The van der Waals surface area contributed by atoms with E-state index in [0.29, 0.717) is 6.54 Å². The summed E-state index contributed by atoms with van der Waals surface area (Å²) in [7, 11) is 4.09. The zero-order valence-corrected chi connectivity index (χ0v) is 10.9. The standard InChI is InChI=1S/C12H24N4/c1-5-12(6-2,10-13)15(3)8-11-7-14-16(4)9-11/h7,9H,5-6,8,10,13H2,1-4H3. The second kappa shape index (κ2) is 5.46. The van der Waals surface area contributed by atoms with Crippen molar-refractivity contribution in [3.63, 3.8) is 0 Å². The average Bonchev–Trinajstić information content (AvgIpc) is 2.67. The normalized spacial score (nSPS) is 12.4. The van der Waals surface area contributed by atoms with Crippen LogP contribution in [0.1, 0.15) is 32.3 Å². The summed E-state index contributed by atoms with van der Waals surface area (Å²) in [5, 5.41) is 4.19. The topological polar surface area (TPSA) is 47.1 Å². The minimum absolute atomic E-state index is 0.121. The van der Waals surface area contributed by atoms with Crippen molar-refractivity contribution in [1.82, 2.24) is 14.7 Å². The van der Waals surface area contributed by atoms with Crippen LogP contribution < -0.4 is 5.73 Å². The van der Waals surface area contributed by atoms with Gasteiger partial charge in [-0.3, -0.25) is 9.58 Å². The predicted octanol–water partition coefficient (Wildman–Crippen LogP) is 1.37. The molecule has 0 aromatic carbocycles. The third-order valence-corrected chi connectivity index (χ3v) is 3.68. The van der Waals surface area contributed by atoms with Crippen molar-refractivity contribution in [2.24, 2.45) is 12.8 Å². The second-order valence-corrected chi connectivity index (χ2v) is 4.51. The number of hydrogen-bond donors (Lipinski definition) is 1. The Morgan fingerprint density at radius 3 is 2.44 bits per heavy atom. The Kier molecular flexibility index (Phi) is 4.50. The Morgan fingerprint density at radius 1 is 1.44 bits per heavy atom. The molecule has 4 heteroatoms. The third-order valence-electron chi connectivity index (χ3n) is 3.68. The van der Waals surface area contributed by atoms with Crippen LogP contribution in [0, 0.1) is 0 Å². The molecule has 92 valence electrons. The molecule has 0 saturated carbocycles. The lowest BCUT2D eigenvalue weighted by Gasteiger charge is -2.39. The van der Waals surface area contributed by atoms with Gasteiger partial charge in [0.25, 0.3) is 0 Å². The molecule has 0 unspecified atom stereocenters. The number of hydrogen-bond acceptors (Lipinski definition) is 3. The number of nitrogens with two attached hydrogens (primary N) is 1. The van der Waals surface area contributed by atoms with E-state index in [1.54, 1.807) is 0 Å². The van der Waals surface area contributed by atoms with Gasteiger partial charge < -0.3 is 5.73 Å². The van der Waals surface area contributed by atoms with E-state index in [1.807, 2.05) is 17.9 Å². The summed E-state index contributed by atoms with van der Waals surface area (Å²) in [5.41, 5.74) is 7.29. The van der Waals surface area contributed by atoms with Crippen LogP contribution in [0.15, 0.2) is 12.4 Å². The Labute approximate surface area is 98.4 Å². The van der Waals surface area contributed by atoms with E-state index in [1.165, 1.54) is 5.56 Å². The summed E-state index contributed by atoms with van der Waals surface area (Å²) in [6.45, 7) is 6.02. The van der Waals surface area contributed by atoms with Gasteiger partial charge in [-0.25, -0.2) is 0 Å². The molecule has 0 aliphatic rings. The third kappa shape index (κ3) is 2.62. The molecule has 1 rings (SSSR count). The molecule has 4 nitrogen and oxygen atoms in total. The molecule has 0 atom stereocenters. The van der Waals surface area contributed by atoms with Gasteiger partial charge in [-0.2, -0.15) is 5.10 Å². The van der Waals surface area contributed by atoms with E-state index in [0.717, 1.165) is 19.4 Å². The van der Waals surface area contributed by atoms with E-state index >= 15 is 0 Å². The fourth-order valence-electron chi connectivity index (χ4n) is 2.23. The van der Waals surface area contributed by atoms with Gasteiger partial charge in [-0.15, -0.1) is 0 Å². The molecule has 1 aromatic rings. The van der Waals surface area contributed by atoms with Crippen LogP contribution >= 0.6 is 0 Å². The molecule has 0 bridgehead atoms. The van der Waals surface area contributed by atoms with Crippen molar-refractivity contribution in [1.29, 1.82) is 0 Å². The summed E-state index contributed by atoms with van der Waals surface area (Å²) >= 11 is 0. The highest BCUT2D eigenvalue weighted by molar-refractivity contribution is 5.05. The molecule has 0 amide bonds. The molecule has 0 fully saturated rings. The molecule has 0 aliphatic carbocycles. The van der Waals surface area contributed by atoms with Crippen LogP contribution in [0.3, 0.4) is 0 Å². The summed E-state index contributed by atoms with van der Waals surface area (Å²) in [4.78, 5) is 2.35. The maximum atomic E-state index is 5.93. The van der Waals surface area contributed by atoms with E-state index in [9.17, 15) is 0 Å². The quantitative estimate of drug-likeness (QED) is 0.794. The van der Waals surface area contributed by atoms with Crippen molar-refractivity contribution in [2.45, 2.75) is 38.8 Å². The van der Waals surface area contributed by atoms with Crippen LogP contribution in [-0.2, 0) is 13.6 Å². The molecule has 16 heavy (non-hydrogen) atoms. The van der Waals surface area contributed by atoms with Crippen molar-refractivity contribution in [3.8, 4) is 0 Å². The fourth-order valence-corrected chi connectivity index (χ4v) is 2.23. The van der Waals surface area contributed by atoms with Gasteiger partial charge in [0.05, 0.1) is 6.20 Å². The molecule has 0 saturated heterocycles. The minimum atomic E-state index is 0.121. The SMILES string of the molecule is CCC(CC)(CN)N(C)Cc1cnn(C)c1. The lowest BCUT2D eigenvalue weighted by Crippen LogP contribution is -2.50. The van der Waals surface area contributed by atoms with Crippen LogP contribution in [0.4, 0.5) is 0 Å². The summed E-state index contributed by atoms with van der Waals surface area (Å²) < 4.78 is 1.84. The first-order chi connectivity index (χ1) is 7.57. The molecule has 1 aromatic heterocycles. The maximum Gasteiger partial charge on any atom is 0.0534 e. The number of aromatic nitrogens is 2. The summed E-state index contributed by atoms with van der Waals surface area (Å²) in [5.74, 6) is 0. The van der Waals surface area contributed by atoms with E-state index in [-0.39, 0.29) is 5.54 Å². The van der Waals surface area contributed by atoms with Crippen molar-refractivity contribution < 1.29 is 0 Å². The van der Waals surface area contributed by atoms with Gasteiger partial charge in [0.1, 0.15) is 0 Å². The Bertz CT molecular complexity index is 306. The van der Waals surface area contributed by atoms with Crippen molar-refractivity contribution in [2.75, 3.05) is 13.6 Å². The largest absolute Gasteiger partial charge is 0.329 e. The van der Waals surface area contributed by atoms with Crippen LogP contribution in [0.5, 0.6) is 0 Å². The minimum Gasteiger partial charge on any atom is -0.329 e. The van der Waals surface area contributed by atoms with Crippen LogP contribution in [0.25, 0.3) is 0 Å². The van der Waals surface area contributed by atoms with Gasteiger partial charge in [-0.05, 0) is 19.9 Å². The highest BCUT2D eigenvalue weighted by atomic mass is 15.2. The van der Waals surface area contributed by atoms with Gasteiger partial charge >= 0.3 is 0 Å². The average molecular weight is 224 g/mol. The number of nitrogens with zero attached hydrogens (tertiary/aromatic N) is 3. The fraction of sp³-hybridized carbons (Fsp3) is 0.750. The molecule has 0 radical (unpaired) electrons. The number of likely N-dealkylation sites (N-methyl/N-ethyl adjacent to an activating group) is 1. The van der Waals surface area contributed by atoms with Gasteiger partial charge in [0, 0.05) is 37.4 Å². The zero-order chi connectivity index (χ0) is 12.2. The smallest absolute Gasteiger partial charge is 0.0534 e. The molecule has 1 heterocycles. The monoisotopic (exact) mass is 224 g/mol. The first-order valence-corrected chi connectivity index (χ1v) is 5.96. The molecule has 0 spiro atoms.